The van der Waals surface area contributed by atoms with E-state index in [0.717, 1.165) is 12.1 Å². The minimum Gasteiger partial charge on any atom is -0.365 e. The fourth-order valence-electron chi connectivity index (χ4n) is 3.85. The van der Waals surface area contributed by atoms with Crippen molar-refractivity contribution in [3.63, 3.8) is 0 Å². The minimum atomic E-state index is -4.75. The molecule has 1 saturated carbocycles. The number of nitriles is 1. The van der Waals surface area contributed by atoms with Gasteiger partial charge in [-0.3, -0.25) is 9.48 Å². The number of hydrogen-bond acceptors (Lipinski definition) is 7. The number of benzene rings is 1. The van der Waals surface area contributed by atoms with Gasteiger partial charge in [0.2, 0.25) is 9.84 Å². The number of amides is 1. The van der Waals surface area contributed by atoms with Crippen LogP contribution in [0.2, 0.25) is 0 Å². The molecule has 0 radical (unpaired) electrons. The first-order valence-electron chi connectivity index (χ1n) is 10.2. The van der Waals surface area contributed by atoms with Crippen LogP contribution >= 0.6 is 0 Å². The average molecular weight is 502 g/mol. The molecule has 34 heavy (non-hydrogen) atoms. The SMILES string of the molecule is N#CC1CC(NCC(F)F)CCC1n1cc(C(N)=O)c(Nc2ccc(S(=O)(=O)C(F)F)cc2)n1. The summed E-state index contributed by atoms with van der Waals surface area (Å²) in [4.78, 5) is 11.4. The third kappa shape index (κ3) is 5.65. The summed E-state index contributed by atoms with van der Waals surface area (Å²) in [7, 11) is -4.75. The summed E-state index contributed by atoms with van der Waals surface area (Å²) < 4.78 is 74.9. The van der Waals surface area contributed by atoms with Gasteiger partial charge in [-0.25, -0.2) is 17.2 Å². The van der Waals surface area contributed by atoms with Crippen molar-refractivity contribution in [3.8, 4) is 6.07 Å². The van der Waals surface area contributed by atoms with Gasteiger partial charge in [0.15, 0.2) is 5.82 Å². The lowest BCUT2D eigenvalue weighted by Gasteiger charge is -2.33. The predicted octanol–water partition coefficient (Wildman–Crippen LogP) is 2.81. The Hall–Kier alpha value is -3.18. The molecule has 1 heterocycles. The van der Waals surface area contributed by atoms with E-state index in [1.165, 1.54) is 23.0 Å². The molecule has 1 aliphatic carbocycles. The highest BCUT2D eigenvalue weighted by molar-refractivity contribution is 7.91. The van der Waals surface area contributed by atoms with Crippen LogP contribution in [-0.4, -0.2) is 48.9 Å². The van der Waals surface area contributed by atoms with Crippen molar-refractivity contribution in [2.24, 2.45) is 11.7 Å². The normalized spacial score (nSPS) is 20.9. The van der Waals surface area contributed by atoms with E-state index < -0.39 is 51.3 Å². The number of alkyl halides is 4. The van der Waals surface area contributed by atoms with Crippen LogP contribution in [0.4, 0.5) is 29.1 Å². The van der Waals surface area contributed by atoms with E-state index >= 15 is 0 Å². The van der Waals surface area contributed by atoms with E-state index in [-0.39, 0.29) is 23.1 Å². The molecule has 0 spiro atoms. The van der Waals surface area contributed by atoms with Crippen molar-refractivity contribution >= 4 is 27.2 Å². The molecule has 1 aliphatic rings. The second kappa shape index (κ2) is 10.4. The van der Waals surface area contributed by atoms with Gasteiger partial charge in [-0.1, -0.05) is 0 Å². The largest absolute Gasteiger partial charge is 0.365 e. The maximum absolute atomic E-state index is 12.7. The van der Waals surface area contributed by atoms with Crippen molar-refractivity contribution in [1.29, 1.82) is 5.26 Å². The molecular formula is C20H22F4N6O3S. The molecule has 0 saturated heterocycles. The van der Waals surface area contributed by atoms with Crippen molar-refractivity contribution in [3.05, 3.63) is 36.0 Å². The number of halogens is 4. The Kier molecular flexibility index (Phi) is 7.78. The number of carbonyl (C=O) groups is 1. The van der Waals surface area contributed by atoms with Crippen molar-refractivity contribution in [2.45, 2.75) is 48.4 Å². The number of nitrogens with zero attached hydrogens (tertiary/aromatic N) is 3. The topological polar surface area (TPSA) is 143 Å². The lowest BCUT2D eigenvalue weighted by atomic mass is 9.82. The minimum absolute atomic E-state index is 0.00100. The summed E-state index contributed by atoms with van der Waals surface area (Å²) in [5.74, 6) is -4.90. The van der Waals surface area contributed by atoms with E-state index in [1.54, 1.807) is 0 Å². The first kappa shape index (κ1) is 25.4. The van der Waals surface area contributed by atoms with Crippen LogP contribution in [0.15, 0.2) is 35.4 Å². The van der Waals surface area contributed by atoms with Crippen LogP contribution < -0.4 is 16.4 Å². The van der Waals surface area contributed by atoms with Crippen molar-refractivity contribution in [2.75, 3.05) is 11.9 Å². The van der Waals surface area contributed by atoms with Gasteiger partial charge in [-0.2, -0.15) is 19.1 Å². The third-order valence-electron chi connectivity index (χ3n) is 5.56. The number of hydrogen-bond donors (Lipinski definition) is 3. The zero-order valence-electron chi connectivity index (χ0n) is 17.7. The summed E-state index contributed by atoms with van der Waals surface area (Å²) in [6, 6.07) is 5.93. The van der Waals surface area contributed by atoms with Crippen molar-refractivity contribution < 1.29 is 30.8 Å². The van der Waals surface area contributed by atoms with E-state index in [4.69, 9.17) is 5.73 Å². The highest BCUT2D eigenvalue weighted by Gasteiger charge is 2.33. The molecule has 9 nitrogen and oxygen atoms in total. The van der Waals surface area contributed by atoms with Crippen LogP contribution in [0.1, 0.15) is 35.7 Å². The number of primary amides is 1. The van der Waals surface area contributed by atoms with Gasteiger partial charge < -0.3 is 16.4 Å². The molecule has 0 aliphatic heterocycles. The lowest BCUT2D eigenvalue weighted by Crippen LogP contribution is -2.40. The molecule has 3 unspecified atom stereocenters. The van der Waals surface area contributed by atoms with Crippen LogP contribution in [0.3, 0.4) is 0 Å². The Labute approximate surface area is 192 Å². The Balaban J connectivity index is 1.80. The Bertz CT molecular complexity index is 1160. The number of nitrogens with two attached hydrogens (primary N) is 1. The second-order valence-corrected chi connectivity index (χ2v) is 9.72. The van der Waals surface area contributed by atoms with E-state index in [2.05, 4.69) is 21.8 Å². The van der Waals surface area contributed by atoms with Gasteiger partial charge in [0, 0.05) is 17.9 Å². The van der Waals surface area contributed by atoms with Gasteiger partial charge >= 0.3 is 5.76 Å². The number of aromatic nitrogens is 2. The first-order valence-corrected chi connectivity index (χ1v) is 11.8. The zero-order valence-corrected chi connectivity index (χ0v) is 18.5. The van der Waals surface area contributed by atoms with Gasteiger partial charge in [0.25, 0.3) is 12.3 Å². The molecule has 1 amide bonds. The molecule has 184 valence electrons. The molecular weight excluding hydrogens is 480 g/mol. The van der Waals surface area contributed by atoms with Crippen LogP contribution in [0, 0.1) is 17.2 Å². The summed E-state index contributed by atoms with van der Waals surface area (Å²) >= 11 is 0. The maximum Gasteiger partial charge on any atom is 0.341 e. The highest BCUT2D eigenvalue weighted by atomic mass is 32.2. The number of nitrogens with one attached hydrogen (secondary N) is 2. The second-order valence-electron chi connectivity index (χ2n) is 7.80. The predicted molar refractivity (Wildman–Crippen MR) is 113 cm³/mol. The summed E-state index contributed by atoms with van der Waals surface area (Å²) in [5, 5.41) is 19.5. The molecule has 3 atom stereocenters. The molecule has 4 N–H and O–H groups in total. The van der Waals surface area contributed by atoms with Crippen LogP contribution in [0.5, 0.6) is 0 Å². The fraction of sp³-hybridized carbons (Fsp3) is 0.450. The zero-order chi connectivity index (χ0) is 25.0. The Morgan fingerprint density at radius 1 is 1.24 bits per heavy atom. The van der Waals surface area contributed by atoms with E-state index in [0.29, 0.717) is 19.3 Å². The maximum atomic E-state index is 12.7. The Morgan fingerprint density at radius 3 is 2.47 bits per heavy atom. The summed E-state index contributed by atoms with van der Waals surface area (Å²) in [5.41, 5.74) is 5.70. The van der Waals surface area contributed by atoms with Gasteiger partial charge in [0.05, 0.1) is 29.5 Å². The lowest BCUT2D eigenvalue weighted by molar-refractivity contribution is 0.100. The number of carbonyl (C=O) groups excluding carboxylic acids is 1. The number of sulfone groups is 1. The van der Waals surface area contributed by atoms with Gasteiger partial charge in [0.1, 0.15) is 5.56 Å². The summed E-state index contributed by atoms with van der Waals surface area (Å²) in [6.07, 6.45) is 0.161. The van der Waals surface area contributed by atoms with E-state index in [1.807, 2.05) is 0 Å². The number of rotatable bonds is 9. The van der Waals surface area contributed by atoms with Gasteiger partial charge in [-0.15, -0.1) is 0 Å². The third-order valence-corrected chi connectivity index (χ3v) is 6.96. The molecule has 0 bridgehead atoms. The first-order chi connectivity index (χ1) is 16.0. The number of anilines is 2. The standard InChI is InChI=1S/C20H22F4N6O3S/c21-17(22)9-27-13-3-6-16(11(7-13)8-25)30-10-15(18(26)31)19(29-30)28-12-1-4-14(5-2-12)34(32,33)20(23)24/h1-2,4-5,10-11,13,16-17,20,27H,3,6-7,9H2,(H2,26,31)(H,28,29). The smallest absolute Gasteiger partial charge is 0.341 e. The average Bonchev–Trinajstić information content (AvgIpc) is 3.21. The Morgan fingerprint density at radius 2 is 1.91 bits per heavy atom. The van der Waals surface area contributed by atoms with Crippen LogP contribution in [0.25, 0.3) is 0 Å². The molecule has 1 aromatic heterocycles. The quantitative estimate of drug-likeness (QED) is 0.448. The fourth-order valence-corrected chi connectivity index (χ4v) is 4.57. The van der Waals surface area contributed by atoms with Crippen LogP contribution in [-0.2, 0) is 9.84 Å². The van der Waals surface area contributed by atoms with E-state index in [9.17, 15) is 36.0 Å². The highest BCUT2D eigenvalue weighted by Crippen LogP contribution is 2.35. The monoisotopic (exact) mass is 502 g/mol. The summed E-state index contributed by atoms with van der Waals surface area (Å²) in [6.45, 7) is -0.466. The van der Waals surface area contributed by atoms with Crippen molar-refractivity contribution in [1.82, 2.24) is 15.1 Å². The molecule has 1 fully saturated rings. The molecule has 3 rings (SSSR count). The van der Waals surface area contributed by atoms with Gasteiger partial charge in [-0.05, 0) is 43.5 Å². The molecule has 14 heteroatoms. The molecule has 1 aromatic carbocycles. The molecule has 2 aromatic rings.